The highest BCUT2D eigenvalue weighted by Crippen LogP contribution is 2.43. The number of ether oxygens (including phenoxy) is 1. The lowest BCUT2D eigenvalue weighted by molar-refractivity contribution is -0.150. The Morgan fingerprint density at radius 3 is 2.23 bits per heavy atom. The molecule has 22 heavy (non-hydrogen) atoms. The third-order valence-corrected chi connectivity index (χ3v) is 4.77. The molecule has 1 unspecified atom stereocenters. The Morgan fingerprint density at radius 2 is 1.77 bits per heavy atom. The summed E-state index contributed by atoms with van der Waals surface area (Å²) in [6, 6.07) is 6.71. The van der Waals surface area contributed by atoms with Gasteiger partial charge in [0.15, 0.2) is 0 Å². The highest BCUT2D eigenvalue weighted by Gasteiger charge is 2.45. The van der Waals surface area contributed by atoms with Crippen LogP contribution < -0.4 is 4.74 Å². The SMILES string of the molecule is COc1ccc(C2(C(=O)N(C)C(C)C(=O)O)CCCC2)cc1. The molecule has 1 aromatic carbocycles. The van der Waals surface area contributed by atoms with Crippen LogP contribution in [0, 0.1) is 0 Å². The number of hydrogen-bond donors (Lipinski definition) is 1. The zero-order valence-corrected chi connectivity index (χ0v) is 13.3. The minimum Gasteiger partial charge on any atom is -0.497 e. The van der Waals surface area contributed by atoms with Crippen LogP contribution >= 0.6 is 0 Å². The quantitative estimate of drug-likeness (QED) is 0.907. The number of carboxylic acid groups (broad SMARTS) is 1. The van der Waals surface area contributed by atoms with Crippen LogP contribution in [0.1, 0.15) is 38.2 Å². The second-order valence-electron chi connectivity index (χ2n) is 5.95. The molecule has 0 aliphatic heterocycles. The zero-order valence-electron chi connectivity index (χ0n) is 13.3. The first kappa shape index (κ1) is 16.3. The Morgan fingerprint density at radius 1 is 1.23 bits per heavy atom. The van der Waals surface area contributed by atoms with Crippen LogP contribution in [0.3, 0.4) is 0 Å². The third-order valence-electron chi connectivity index (χ3n) is 4.77. The lowest BCUT2D eigenvalue weighted by Gasteiger charge is -2.34. The Balaban J connectivity index is 2.35. The van der Waals surface area contributed by atoms with Crippen LogP contribution in [0.5, 0.6) is 5.75 Å². The van der Waals surface area contributed by atoms with Gasteiger partial charge in [-0.05, 0) is 37.5 Å². The van der Waals surface area contributed by atoms with Gasteiger partial charge in [0.25, 0.3) is 0 Å². The summed E-state index contributed by atoms with van der Waals surface area (Å²) in [5.41, 5.74) is 0.338. The van der Waals surface area contributed by atoms with Crippen molar-refractivity contribution in [2.75, 3.05) is 14.2 Å². The Labute approximate surface area is 130 Å². The van der Waals surface area contributed by atoms with Gasteiger partial charge in [0.2, 0.25) is 5.91 Å². The summed E-state index contributed by atoms with van der Waals surface area (Å²) >= 11 is 0. The number of nitrogens with zero attached hydrogens (tertiary/aromatic N) is 1. The van der Waals surface area contributed by atoms with Crippen LogP contribution in [0.4, 0.5) is 0 Å². The molecule has 1 saturated carbocycles. The summed E-state index contributed by atoms with van der Waals surface area (Å²) in [5, 5.41) is 9.16. The van der Waals surface area contributed by atoms with Crippen LogP contribution in [0.25, 0.3) is 0 Å². The summed E-state index contributed by atoms with van der Waals surface area (Å²) in [6.07, 6.45) is 3.48. The number of aliphatic carboxylic acids is 1. The summed E-state index contributed by atoms with van der Waals surface area (Å²) in [6.45, 7) is 1.54. The van der Waals surface area contributed by atoms with E-state index in [9.17, 15) is 9.59 Å². The maximum absolute atomic E-state index is 13.0. The van der Waals surface area contributed by atoms with Gasteiger partial charge in [-0.15, -0.1) is 0 Å². The molecule has 2 rings (SSSR count). The van der Waals surface area contributed by atoms with Crippen molar-refractivity contribution < 1.29 is 19.4 Å². The number of methoxy groups -OCH3 is 1. The highest BCUT2D eigenvalue weighted by atomic mass is 16.5. The molecule has 1 aromatic rings. The van der Waals surface area contributed by atoms with E-state index in [0.717, 1.165) is 37.0 Å². The largest absolute Gasteiger partial charge is 0.497 e. The molecule has 0 spiro atoms. The van der Waals surface area contributed by atoms with Gasteiger partial charge in [-0.2, -0.15) is 0 Å². The molecule has 120 valence electrons. The lowest BCUT2D eigenvalue weighted by Crippen LogP contribution is -2.49. The van der Waals surface area contributed by atoms with Crippen molar-refractivity contribution in [2.45, 2.75) is 44.1 Å². The number of carbonyl (C=O) groups is 2. The molecule has 1 aliphatic carbocycles. The van der Waals surface area contributed by atoms with E-state index >= 15 is 0 Å². The first-order valence-electron chi connectivity index (χ1n) is 7.57. The van der Waals surface area contributed by atoms with Crippen molar-refractivity contribution in [1.29, 1.82) is 0 Å². The van der Waals surface area contributed by atoms with Crippen molar-refractivity contribution >= 4 is 11.9 Å². The minimum absolute atomic E-state index is 0.106. The first-order valence-corrected chi connectivity index (χ1v) is 7.57. The van der Waals surface area contributed by atoms with Crippen molar-refractivity contribution in [3.8, 4) is 5.75 Å². The first-order chi connectivity index (χ1) is 10.4. The summed E-state index contributed by atoms with van der Waals surface area (Å²) in [7, 11) is 3.18. The maximum Gasteiger partial charge on any atom is 0.326 e. The standard InChI is InChI=1S/C17H23NO4/c1-12(15(19)20)18(2)16(21)17(10-4-5-11-17)13-6-8-14(22-3)9-7-13/h6-9,12H,4-5,10-11H2,1-3H3,(H,19,20). The Kier molecular flexibility index (Phi) is 4.74. The molecule has 1 atom stereocenters. The number of rotatable bonds is 5. The van der Waals surface area contributed by atoms with Crippen LogP contribution in [0.15, 0.2) is 24.3 Å². The van der Waals surface area contributed by atoms with Crippen molar-refractivity contribution in [1.82, 2.24) is 4.90 Å². The molecule has 1 amide bonds. The molecule has 0 saturated heterocycles. The van der Waals surface area contributed by atoms with E-state index < -0.39 is 17.4 Å². The molecule has 1 N–H and O–H groups in total. The lowest BCUT2D eigenvalue weighted by atomic mass is 9.77. The molecule has 5 nitrogen and oxygen atoms in total. The van der Waals surface area contributed by atoms with Crippen LogP contribution in [-0.2, 0) is 15.0 Å². The number of likely N-dealkylation sites (N-methyl/N-ethyl adjacent to an activating group) is 1. The molecule has 1 fully saturated rings. The second kappa shape index (κ2) is 6.38. The van der Waals surface area contributed by atoms with Gasteiger partial charge in [0, 0.05) is 7.05 Å². The predicted molar refractivity (Wildman–Crippen MR) is 83.0 cm³/mol. The topological polar surface area (TPSA) is 66.8 Å². The van der Waals surface area contributed by atoms with E-state index in [1.165, 1.54) is 11.8 Å². The zero-order chi connectivity index (χ0) is 16.3. The third kappa shape index (κ3) is 2.80. The normalized spacial score (nSPS) is 17.8. The van der Waals surface area contributed by atoms with Gasteiger partial charge in [0.1, 0.15) is 11.8 Å². The number of carbonyl (C=O) groups excluding carboxylic acids is 1. The van der Waals surface area contributed by atoms with Gasteiger partial charge < -0.3 is 14.7 Å². The van der Waals surface area contributed by atoms with Gasteiger partial charge >= 0.3 is 5.97 Å². The van der Waals surface area contributed by atoms with Gasteiger partial charge in [-0.1, -0.05) is 25.0 Å². The second-order valence-corrected chi connectivity index (χ2v) is 5.95. The van der Waals surface area contributed by atoms with Crippen LogP contribution in [0.2, 0.25) is 0 Å². The molecule has 0 bridgehead atoms. The van der Waals surface area contributed by atoms with E-state index in [1.54, 1.807) is 14.2 Å². The van der Waals surface area contributed by atoms with Gasteiger partial charge in [-0.3, -0.25) is 4.79 Å². The van der Waals surface area contributed by atoms with Gasteiger partial charge in [-0.25, -0.2) is 4.79 Å². The molecule has 0 heterocycles. The Bertz CT molecular complexity index is 546. The average Bonchev–Trinajstić information content (AvgIpc) is 3.03. The van der Waals surface area contributed by atoms with Crippen molar-refractivity contribution in [2.24, 2.45) is 0 Å². The highest BCUT2D eigenvalue weighted by molar-refractivity contribution is 5.91. The molecular weight excluding hydrogens is 282 g/mol. The number of hydrogen-bond acceptors (Lipinski definition) is 3. The van der Waals surface area contributed by atoms with E-state index in [-0.39, 0.29) is 5.91 Å². The molecule has 1 aliphatic rings. The van der Waals surface area contributed by atoms with Crippen molar-refractivity contribution in [3.63, 3.8) is 0 Å². The Hall–Kier alpha value is -2.04. The van der Waals surface area contributed by atoms with E-state index in [2.05, 4.69) is 0 Å². The van der Waals surface area contributed by atoms with E-state index in [0.29, 0.717) is 0 Å². The minimum atomic E-state index is -0.987. The average molecular weight is 305 g/mol. The summed E-state index contributed by atoms with van der Waals surface area (Å²) < 4.78 is 5.17. The molecular formula is C17H23NO4. The van der Waals surface area contributed by atoms with Crippen LogP contribution in [-0.4, -0.2) is 42.1 Å². The van der Waals surface area contributed by atoms with E-state index in [1.807, 2.05) is 24.3 Å². The fourth-order valence-corrected chi connectivity index (χ4v) is 3.19. The molecule has 0 aromatic heterocycles. The fourth-order valence-electron chi connectivity index (χ4n) is 3.19. The predicted octanol–water partition coefficient (Wildman–Crippen LogP) is 2.44. The van der Waals surface area contributed by atoms with Gasteiger partial charge in [0.05, 0.1) is 12.5 Å². The summed E-state index contributed by atoms with van der Waals surface area (Å²) in [4.78, 5) is 25.5. The number of carboxylic acids is 1. The molecule has 5 heteroatoms. The summed E-state index contributed by atoms with van der Waals surface area (Å²) in [5.74, 6) is -0.347. The maximum atomic E-state index is 13.0. The number of amides is 1. The van der Waals surface area contributed by atoms with E-state index in [4.69, 9.17) is 9.84 Å². The monoisotopic (exact) mass is 305 g/mol. The van der Waals surface area contributed by atoms with Crippen molar-refractivity contribution in [3.05, 3.63) is 29.8 Å². The fraction of sp³-hybridized carbons (Fsp3) is 0.529. The molecule has 0 radical (unpaired) electrons. The number of benzene rings is 1. The smallest absolute Gasteiger partial charge is 0.326 e.